The van der Waals surface area contributed by atoms with Crippen molar-refractivity contribution < 1.29 is 9.53 Å². The first-order valence-electron chi connectivity index (χ1n) is 10.0. The largest absolute Gasteiger partial charge is 0.497 e. The summed E-state index contributed by atoms with van der Waals surface area (Å²) in [6.45, 7) is 0. The van der Waals surface area contributed by atoms with E-state index in [4.69, 9.17) is 14.7 Å². The highest BCUT2D eigenvalue weighted by atomic mass is 16.5. The summed E-state index contributed by atoms with van der Waals surface area (Å²) in [6.07, 6.45) is 3.70. The molecule has 0 aliphatic rings. The van der Waals surface area contributed by atoms with E-state index < -0.39 is 0 Å². The molecule has 0 unspecified atom stereocenters. The first kappa shape index (κ1) is 19.4. The normalized spacial score (nSPS) is 10.8. The minimum absolute atomic E-state index is 0.352. The number of H-pyrrole nitrogens is 2. The van der Waals surface area contributed by atoms with Gasteiger partial charge in [0.15, 0.2) is 0 Å². The Morgan fingerprint density at radius 3 is 1.97 bits per heavy atom. The van der Waals surface area contributed by atoms with E-state index in [-0.39, 0.29) is 6.03 Å². The topological polar surface area (TPSA) is 108 Å². The van der Waals surface area contributed by atoms with Gasteiger partial charge in [0.25, 0.3) is 0 Å². The molecule has 8 nitrogen and oxygen atoms in total. The van der Waals surface area contributed by atoms with Gasteiger partial charge in [0, 0.05) is 23.8 Å². The van der Waals surface area contributed by atoms with E-state index in [9.17, 15) is 4.79 Å². The van der Waals surface area contributed by atoms with Gasteiger partial charge in [-0.05, 0) is 66.7 Å². The van der Waals surface area contributed by atoms with Gasteiger partial charge in [0.05, 0.1) is 29.5 Å². The van der Waals surface area contributed by atoms with Crippen LogP contribution in [0, 0.1) is 0 Å². The van der Waals surface area contributed by atoms with Crippen LogP contribution in [0.1, 0.15) is 0 Å². The molecule has 0 aliphatic heterocycles. The monoisotopic (exact) mass is 424 g/mol. The van der Waals surface area contributed by atoms with Crippen LogP contribution in [0.25, 0.3) is 33.8 Å². The van der Waals surface area contributed by atoms with Crippen molar-refractivity contribution in [2.24, 2.45) is 0 Å². The Labute approximate surface area is 183 Å². The molecule has 3 aromatic heterocycles. The number of carbonyl (C=O) groups excluding carboxylic acids is 1. The zero-order chi connectivity index (χ0) is 21.9. The standard InChI is InChI=1S/C24H20N6O2/c1-32-17-9-6-15(7-10-17)27-24(31)28-16-8-11-18-21(14-16)30-23(20-5-3-13-26-20)22(29-18)19-4-2-12-25-19/h2-14,25-26H,1H3,(H2,27,28,31). The second-order valence-corrected chi connectivity index (χ2v) is 7.10. The lowest BCUT2D eigenvalue weighted by molar-refractivity contribution is 0.262. The van der Waals surface area contributed by atoms with Crippen molar-refractivity contribution >= 4 is 28.4 Å². The number of fused-ring (bicyclic) bond motifs is 1. The number of aromatic nitrogens is 4. The summed E-state index contributed by atoms with van der Waals surface area (Å²) < 4.78 is 5.13. The summed E-state index contributed by atoms with van der Waals surface area (Å²) >= 11 is 0. The van der Waals surface area contributed by atoms with Crippen molar-refractivity contribution in [1.82, 2.24) is 19.9 Å². The van der Waals surface area contributed by atoms with Crippen LogP contribution < -0.4 is 15.4 Å². The smallest absolute Gasteiger partial charge is 0.323 e. The van der Waals surface area contributed by atoms with Gasteiger partial charge < -0.3 is 25.3 Å². The summed E-state index contributed by atoms with van der Waals surface area (Å²) in [6, 6.07) is 20.0. The lowest BCUT2D eigenvalue weighted by Gasteiger charge is -2.11. The predicted octanol–water partition coefficient (Wildman–Crippen LogP) is 5.27. The number of hydrogen-bond acceptors (Lipinski definition) is 4. The molecule has 32 heavy (non-hydrogen) atoms. The molecule has 0 bridgehead atoms. The van der Waals surface area contributed by atoms with Gasteiger partial charge in [-0.25, -0.2) is 14.8 Å². The predicted molar refractivity (Wildman–Crippen MR) is 125 cm³/mol. The molecule has 158 valence electrons. The van der Waals surface area contributed by atoms with Crippen LogP contribution in [-0.2, 0) is 0 Å². The Hall–Kier alpha value is -4.59. The summed E-state index contributed by atoms with van der Waals surface area (Å²) in [4.78, 5) is 28.5. The van der Waals surface area contributed by atoms with E-state index in [1.165, 1.54) is 0 Å². The average molecular weight is 424 g/mol. The van der Waals surface area contributed by atoms with Crippen molar-refractivity contribution in [3.8, 4) is 28.5 Å². The maximum atomic E-state index is 12.4. The number of anilines is 2. The van der Waals surface area contributed by atoms with E-state index in [2.05, 4.69) is 20.6 Å². The number of ether oxygens (including phenoxy) is 1. The molecule has 3 heterocycles. The van der Waals surface area contributed by atoms with Crippen molar-refractivity contribution in [3.05, 3.63) is 79.1 Å². The van der Waals surface area contributed by atoms with Crippen LogP contribution in [0.4, 0.5) is 16.2 Å². The maximum absolute atomic E-state index is 12.4. The number of urea groups is 1. The van der Waals surface area contributed by atoms with Crippen molar-refractivity contribution in [2.75, 3.05) is 17.7 Å². The number of aromatic amines is 2. The van der Waals surface area contributed by atoms with Gasteiger partial charge in [-0.3, -0.25) is 0 Å². The molecule has 0 spiro atoms. The molecular weight excluding hydrogens is 404 g/mol. The number of nitrogens with one attached hydrogen (secondary N) is 4. The molecule has 0 aliphatic carbocycles. The molecule has 2 aromatic carbocycles. The third-order valence-corrected chi connectivity index (χ3v) is 4.98. The molecule has 5 aromatic rings. The quantitative estimate of drug-likeness (QED) is 0.308. The molecule has 2 amide bonds. The minimum Gasteiger partial charge on any atom is -0.497 e. The van der Waals surface area contributed by atoms with Crippen LogP contribution in [0.15, 0.2) is 79.1 Å². The number of carbonyl (C=O) groups is 1. The summed E-state index contributed by atoms with van der Waals surface area (Å²) in [5, 5.41) is 5.64. The van der Waals surface area contributed by atoms with Crippen LogP contribution in [-0.4, -0.2) is 33.1 Å². The Morgan fingerprint density at radius 1 is 0.781 bits per heavy atom. The third-order valence-electron chi connectivity index (χ3n) is 4.98. The van der Waals surface area contributed by atoms with Crippen LogP contribution >= 0.6 is 0 Å². The van der Waals surface area contributed by atoms with Crippen molar-refractivity contribution in [1.29, 1.82) is 0 Å². The molecule has 0 saturated heterocycles. The molecule has 0 radical (unpaired) electrons. The fourth-order valence-corrected chi connectivity index (χ4v) is 3.43. The Kier molecular flexibility index (Phi) is 5.01. The van der Waals surface area contributed by atoms with Gasteiger partial charge in [0.2, 0.25) is 0 Å². The van der Waals surface area contributed by atoms with E-state index in [0.29, 0.717) is 16.9 Å². The Bertz CT molecular complexity index is 1360. The summed E-state index contributed by atoms with van der Waals surface area (Å²) in [7, 11) is 1.60. The minimum atomic E-state index is -0.352. The second kappa shape index (κ2) is 8.27. The zero-order valence-corrected chi connectivity index (χ0v) is 17.2. The zero-order valence-electron chi connectivity index (χ0n) is 17.2. The molecule has 0 saturated carbocycles. The number of amides is 2. The maximum Gasteiger partial charge on any atom is 0.323 e. The lowest BCUT2D eigenvalue weighted by atomic mass is 10.1. The van der Waals surface area contributed by atoms with E-state index in [1.54, 1.807) is 43.5 Å². The fraction of sp³-hybridized carbons (Fsp3) is 0.0417. The number of rotatable bonds is 5. The molecule has 5 rings (SSSR count). The van der Waals surface area contributed by atoms with Gasteiger partial charge in [-0.1, -0.05) is 0 Å². The molecule has 4 N–H and O–H groups in total. The molecule has 8 heteroatoms. The molecular formula is C24H20N6O2. The first-order chi connectivity index (χ1) is 15.7. The van der Waals surface area contributed by atoms with Gasteiger partial charge in [-0.2, -0.15) is 0 Å². The van der Waals surface area contributed by atoms with Crippen molar-refractivity contribution in [2.45, 2.75) is 0 Å². The fourth-order valence-electron chi connectivity index (χ4n) is 3.43. The summed E-state index contributed by atoms with van der Waals surface area (Å²) in [5.41, 5.74) is 5.90. The van der Waals surface area contributed by atoms with Gasteiger partial charge in [-0.15, -0.1) is 0 Å². The second-order valence-electron chi connectivity index (χ2n) is 7.10. The Morgan fingerprint density at radius 2 is 1.38 bits per heavy atom. The molecule has 0 atom stereocenters. The molecule has 0 fully saturated rings. The van der Waals surface area contributed by atoms with Crippen molar-refractivity contribution in [3.63, 3.8) is 0 Å². The van der Waals surface area contributed by atoms with Crippen LogP contribution in [0.5, 0.6) is 5.75 Å². The average Bonchev–Trinajstić information content (AvgIpc) is 3.53. The van der Waals surface area contributed by atoms with Gasteiger partial charge >= 0.3 is 6.03 Å². The van der Waals surface area contributed by atoms with Gasteiger partial charge in [0.1, 0.15) is 17.1 Å². The van der Waals surface area contributed by atoms with Crippen LogP contribution in [0.2, 0.25) is 0 Å². The number of methoxy groups -OCH3 is 1. The SMILES string of the molecule is COc1ccc(NC(=O)Nc2ccc3nc(-c4ccc[nH]4)c(-c4ccc[nH]4)nc3c2)cc1. The van der Waals surface area contributed by atoms with E-state index in [0.717, 1.165) is 34.0 Å². The third kappa shape index (κ3) is 3.89. The lowest BCUT2D eigenvalue weighted by Crippen LogP contribution is -2.19. The highest BCUT2D eigenvalue weighted by Crippen LogP contribution is 2.30. The number of nitrogens with zero attached hydrogens (tertiary/aromatic N) is 2. The first-order valence-corrected chi connectivity index (χ1v) is 10.0. The van der Waals surface area contributed by atoms with Crippen LogP contribution in [0.3, 0.4) is 0 Å². The summed E-state index contributed by atoms with van der Waals surface area (Å²) in [5.74, 6) is 0.723. The number of hydrogen-bond donors (Lipinski definition) is 4. The van der Waals surface area contributed by atoms with E-state index >= 15 is 0 Å². The number of benzene rings is 2. The van der Waals surface area contributed by atoms with E-state index in [1.807, 2.05) is 42.7 Å². The highest BCUT2D eigenvalue weighted by molar-refractivity contribution is 6.01. The Balaban J connectivity index is 1.44. The highest BCUT2D eigenvalue weighted by Gasteiger charge is 2.15.